The summed E-state index contributed by atoms with van der Waals surface area (Å²) in [4.78, 5) is 12.7. The van der Waals surface area contributed by atoms with Gasteiger partial charge in [-0.25, -0.2) is 0 Å². The molecule has 0 radical (unpaired) electrons. The van der Waals surface area contributed by atoms with Crippen molar-refractivity contribution in [2.24, 2.45) is 0 Å². The average Bonchev–Trinajstić information content (AvgIpc) is 3.39. The molecule has 1 aromatic heterocycles. The van der Waals surface area contributed by atoms with Crippen LogP contribution in [-0.2, 0) is 24.3 Å². The monoisotopic (exact) mass is 391 g/mol. The highest BCUT2D eigenvalue weighted by atomic mass is 16.7. The van der Waals surface area contributed by atoms with Gasteiger partial charge in [0.1, 0.15) is 6.10 Å². The Morgan fingerprint density at radius 2 is 2.07 bits per heavy atom. The van der Waals surface area contributed by atoms with Crippen molar-refractivity contribution in [3.63, 3.8) is 0 Å². The SMILES string of the molecule is CCc1cccc(NC(=O)c2cc3n(n2)C[C@H](c2ccc4c(c2)OCO4)OC3)c1. The van der Waals surface area contributed by atoms with E-state index in [2.05, 4.69) is 17.3 Å². The predicted molar refractivity (Wildman–Crippen MR) is 106 cm³/mol. The summed E-state index contributed by atoms with van der Waals surface area (Å²) in [6, 6.07) is 15.4. The molecule has 2 aliphatic rings. The number of carbonyl (C=O) groups excluding carboxylic acids is 1. The third-order valence-electron chi connectivity index (χ3n) is 5.23. The smallest absolute Gasteiger partial charge is 0.276 e. The van der Waals surface area contributed by atoms with Crippen LogP contribution in [0, 0.1) is 0 Å². The summed E-state index contributed by atoms with van der Waals surface area (Å²) in [5, 5.41) is 7.43. The van der Waals surface area contributed by atoms with Gasteiger partial charge in [0.2, 0.25) is 6.79 Å². The Morgan fingerprint density at radius 1 is 1.17 bits per heavy atom. The minimum absolute atomic E-state index is 0.158. The fraction of sp³-hybridized carbons (Fsp3) is 0.273. The highest BCUT2D eigenvalue weighted by Crippen LogP contribution is 2.36. The highest BCUT2D eigenvalue weighted by molar-refractivity contribution is 6.02. The highest BCUT2D eigenvalue weighted by Gasteiger charge is 2.26. The van der Waals surface area contributed by atoms with Gasteiger partial charge in [-0.05, 0) is 47.9 Å². The zero-order valence-electron chi connectivity index (χ0n) is 16.1. The molecule has 0 aliphatic carbocycles. The number of benzene rings is 2. The summed E-state index contributed by atoms with van der Waals surface area (Å²) in [7, 11) is 0. The van der Waals surface area contributed by atoms with E-state index in [1.807, 2.05) is 47.1 Å². The lowest BCUT2D eigenvalue weighted by atomic mass is 10.1. The lowest BCUT2D eigenvalue weighted by molar-refractivity contribution is -0.00127. The van der Waals surface area contributed by atoms with Gasteiger partial charge in [0, 0.05) is 5.69 Å². The fourth-order valence-electron chi connectivity index (χ4n) is 3.62. The first kappa shape index (κ1) is 17.8. The van der Waals surface area contributed by atoms with Crippen LogP contribution in [0.15, 0.2) is 48.5 Å². The molecule has 7 nitrogen and oxygen atoms in total. The number of rotatable bonds is 4. The van der Waals surface area contributed by atoms with Crippen molar-refractivity contribution < 1.29 is 19.0 Å². The summed E-state index contributed by atoms with van der Waals surface area (Å²) >= 11 is 0. The molecular weight excluding hydrogens is 370 g/mol. The summed E-state index contributed by atoms with van der Waals surface area (Å²) < 4.78 is 18.7. The molecule has 2 aromatic carbocycles. The molecule has 0 spiro atoms. The number of amides is 1. The van der Waals surface area contributed by atoms with Gasteiger partial charge in [-0.15, -0.1) is 0 Å². The minimum Gasteiger partial charge on any atom is -0.454 e. The molecule has 2 aliphatic heterocycles. The van der Waals surface area contributed by atoms with E-state index >= 15 is 0 Å². The first-order valence-corrected chi connectivity index (χ1v) is 9.68. The fourth-order valence-corrected chi connectivity index (χ4v) is 3.62. The molecule has 5 rings (SSSR count). The number of hydrogen-bond donors (Lipinski definition) is 1. The second kappa shape index (κ2) is 7.25. The maximum atomic E-state index is 12.7. The van der Waals surface area contributed by atoms with Crippen LogP contribution < -0.4 is 14.8 Å². The van der Waals surface area contributed by atoms with Crippen LogP contribution >= 0.6 is 0 Å². The van der Waals surface area contributed by atoms with Crippen LogP contribution in [0.3, 0.4) is 0 Å². The van der Waals surface area contributed by atoms with E-state index in [1.165, 1.54) is 5.56 Å². The van der Waals surface area contributed by atoms with Crippen molar-refractivity contribution in [3.8, 4) is 11.5 Å². The maximum absolute atomic E-state index is 12.7. The van der Waals surface area contributed by atoms with Gasteiger partial charge in [-0.1, -0.05) is 25.1 Å². The van der Waals surface area contributed by atoms with Crippen molar-refractivity contribution in [1.82, 2.24) is 9.78 Å². The molecule has 3 heterocycles. The second-order valence-electron chi connectivity index (χ2n) is 7.12. The van der Waals surface area contributed by atoms with Gasteiger partial charge in [-0.2, -0.15) is 5.10 Å². The van der Waals surface area contributed by atoms with Crippen molar-refractivity contribution in [2.75, 3.05) is 12.1 Å². The van der Waals surface area contributed by atoms with Crippen molar-refractivity contribution in [3.05, 3.63) is 71.0 Å². The van der Waals surface area contributed by atoms with Crippen LogP contribution in [0.25, 0.3) is 0 Å². The molecule has 7 heteroatoms. The summed E-state index contributed by atoms with van der Waals surface area (Å²) in [5.74, 6) is 1.25. The van der Waals surface area contributed by atoms with E-state index < -0.39 is 0 Å². The molecule has 0 bridgehead atoms. The Morgan fingerprint density at radius 3 is 2.97 bits per heavy atom. The van der Waals surface area contributed by atoms with E-state index in [4.69, 9.17) is 14.2 Å². The third-order valence-corrected chi connectivity index (χ3v) is 5.23. The molecule has 148 valence electrons. The van der Waals surface area contributed by atoms with Crippen LogP contribution in [0.2, 0.25) is 0 Å². The van der Waals surface area contributed by atoms with Crippen LogP contribution in [0.4, 0.5) is 5.69 Å². The van der Waals surface area contributed by atoms with Gasteiger partial charge < -0.3 is 19.5 Å². The van der Waals surface area contributed by atoms with Crippen LogP contribution in [0.5, 0.6) is 11.5 Å². The molecule has 29 heavy (non-hydrogen) atoms. The first-order valence-electron chi connectivity index (χ1n) is 9.68. The van der Waals surface area contributed by atoms with E-state index in [-0.39, 0.29) is 18.8 Å². The quantitative estimate of drug-likeness (QED) is 0.734. The zero-order valence-corrected chi connectivity index (χ0v) is 16.1. The summed E-state index contributed by atoms with van der Waals surface area (Å²) in [6.45, 7) is 3.26. The molecular formula is C22H21N3O4. The number of ether oxygens (including phenoxy) is 3. The van der Waals surface area contributed by atoms with Gasteiger partial charge in [0.25, 0.3) is 5.91 Å². The number of carbonyl (C=O) groups is 1. The number of aryl methyl sites for hydroxylation is 1. The van der Waals surface area contributed by atoms with Gasteiger partial charge in [-0.3, -0.25) is 9.48 Å². The average molecular weight is 391 g/mol. The molecule has 0 saturated heterocycles. The standard InChI is InChI=1S/C22H21N3O4/c1-2-14-4-3-5-16(8-14)23-22(26)18-10-17-12-27-21(11-25(17)24-18)15-6-7-19-20(9-15)29-13-28-19/h3-10,21H,2,11-13H2,1H3,(H,23,26)/t21-/m1/s1. The van der Waals surface area contributed by atoms with Crippen LogP contribution in [0.1, 0.15) is 40.3 Å². The van der Waals surface area contributed by atoms with Crippen molar-refractivity contribution >= 4 is 11.6 Å². The van der Waals surface area contributed by atoms with E-state index in [9.17, 15) is 4.79 Å². The summed E-state index contributed by atoms with van der Waals surface area (Å²) in [6.07, 6.45) is 0.759. The molecule has 0 saturated carbocycles. The topological polar surface area (TPSA) is 74.6 Å². The van der Waals surface area contributed by atoms with E-state index in [1.54, 1.807) is 6.07 Å². The lowest BCUT2D eigenvalue weighted by Crippen LogP contribution is -2.22. The number of fused-ring (bicyclic) bond motifs is 2. The first-order chi connectivity index (χ1) is 14.2. The summed E-state index contributed by atoms with van der Waals surface area (Å²) in [5.41, 5.74) is 4.21. The Bertz CT molecular complexity index is 1080. The molecule has 0 fully saturated rings. The number of hydrogen-bond acceptors (Lipinski definition) is 5. The number of aromatic nitrogens is 2. The van der Waals surface area contributed by atoms with Gasteiger partial charge in [0.05, 0.1) is 18.8 Å². The van der Waals surface area contributed by atoms with E-state index in [0.717, 1.165) is 34.9 Å². The molecule has 1 amide bonds. The zero-order chi connectivity index (χ0) is 19.8. The molecule has 0 unspecified atom stereocenters. The Hall–Kier alpha value is -3.32. The predicted octanol–water partition coefficient (Wildman–Crippen LogP) is 3.70. The Labute approximate surface area is 168 Å². The molecule has 1 atom stereocenters. The Balaban J connectivity index is 1.32. The van der Waals surface area contributed by atoms with Crippen molar-refractivity contribution in [2.45, 2.75) is 32.6 Å². The lowest BCUT2D eigenvalue weighted by Gasteiger charge is -2.24. The minimum atomic E-state index is -0.222. The van der Waals surface area contributed by atoms with E-state index in [0.29, 0.717) is 18.8 Å². The number of anilines is 1. The normalized spacial score (nSPS) is 17.1. The molecule has 3 aromatic rings. The molecule has 1 N–H and O–H groups in total. The number of nitrogens with one attached hydrogen (secondary N) is 1. The maximum Gasteiger partial charge on any atom is 0.276 e. The van der Waals surface area contributed by atoms with Gasteiger partial charge in [0.15, 0.2) is 17.2 Å². The van der Waals surface area contributed by atoms with Crippen molar-refractivity contribution in [1.29, 1.82) is 0 Å². The largest absolute Gasteiger partial charge is 0.454 e. The van der Waals surface area contributed by atoms with Gasteiger partial charge >= 0.3 is 0 Å². The Kier molecular flexibility index (Phi) is 4.44. The number of nitrogens with zero attached hydrogens (tertiary/aromatic N) is 2. The van der Waals surface area contributed by atoms with Crippen LogP contribution in [-0.4, -0.2) is 22.5 Å². The third kappa shape index (κ3) is 3.45. The second-order valence-corrected chi connectivity index (χ2v) is 7.12.